The van der Waals surface area contributed by atoms with E-state index in [1.165, 1.54) is 26.8 Å². The summed E-state index contributed by atoms with van der Waals surface area (Å²) in [4.78, 5) is 83.0. The summed E-state index contributed by atoms with van der Waals surface area (Å²) in [5.74, 6) is -3.33. The van der Waals surface area contributed by atoms with Crippen molar-refractivity contribution < 1.29 is 39.0 Å². The summed E-state index contributed by atoms with van der Waals surface area (Å²) in [6.45, 7) is 0.537. The average molecular weight is 677 g/mol. The molecule has 5 rings (SSSR count). The van der Waals surface area contributed by atoms with Gasteiger partial charge in [-0.05, 0) is 68.2 Å². The number of phenols is 1. The number of hydrogen-bond acceptors (Lipinski definition) is 8. The maximum absolute atomic E-state index is 14.1. The molecule has 2 aromatic rings. The molecule has 262 valence electrons. The molecule has 0 aromatic heterocycles. The highest BCUT2D eigenvalue weighted by Crippen LogP contribution is 2.23. The van der Waals surface area contributed by atoms with Crippen molar-refractivity contribution in [1.29, 1.82) is 0 Å². The highest BCUT2D eigenvalue weighted by molar-refractivity contribution is 5.96. The zero-order valence-electron chi connectivity index (χ0n) is 27.3. The fraction of sp³-hybridized carbons (Fsp3) is 0.486. The van der Waals surface area contributed by atoms with Crippen molar-refractivity contribution in [3.8, 4) is 5.75 Å². The Balaban J connectivity index is 1.25. The SMILES string of the molecule is NC(Cc1ccc(O)cc1)C(=O)N1CCCC1C(=O)NC(Cc1ccccc1)C(=O)N1CCCC1C(=O)NCC(=O)N1CCCC1C(=O)O. The predicted molar refractivity (Wildman–Crippen MR) is 177 cm³/mol. The van der Waals surface area contributed by atoms with Gasteiger partial charge in [0, 0.05) is 26.1 Å². The van der Waals surface area contributed by atoms with Crippen LogP contribution in [0.2, 0.25) is 0 Å². The fourth-order valence-electron chi connectivity index (χ4n) is 7.01. The van der Waals surface area contributed by atoms with Gasteiger partial charge in [-0.2, -0.15) is 0 Å². The third-order valence-corrected chi connectivity index (χ3v) is 9.56. The molecule has 0 saturated carbocycles. The molecule has 49 heavy (non-hydrogen) atoms. The average Bonchev–Trinajstić information content (AvgIpc) is 3.89. The summed E-state index contributed by atoms with van der Waals surface area (Å²) in [6, 6.07) is 11.0. The molecule has 0 bridgehead atoms. The Morgan fingerprint density at radius 1 is 0.714 bits per heavy atom. The molecule has 0 aliphatic carbocycles. The number of likely N-dealkylation sites (tertiary alicyclic amines) is 3. The largest absolute Gasteiger partial charge is 0.508 e. The maximum Gasteiger partial charge on any atom is 0.326 e. The molecule has 3 saturated heterocycles. The Morgan fingerprint density at radius 2 is 1.27 bits per heavy atom. The molecule has 3 fully saturated rings. The molecule has 6 N–H and O–H groups in total. The standard InChI is InChI=1S/C35H44N6O8/c36-25(19-23-12-14-24(42)15-13-23)33(46)40-17-5-10-28(40)32(45)38-26(20-22-7-2-1-3-8-22)34(47)41-18-4-9-27(41)31(44)37-21-30(43)39-16-6-11-29(39)35(48)49/h1-3,7-8,12-15,25-29,42H,4-6,9-11,16-21,36H2,(H,37,44)(H,38,45)(H,48,49). The topological polar surface area (TPSA) is 203 Å². The Morgan fingerprint density at radius 3 is 1.90 bits per heavy atom. The van der Waals surface area contributed by atoms with Gasteiger partial charge in [0.15, 0.2) is 0 Å². The number of nitrogens with one attached hydrogen (secondary N) is 2. The Hall–Kier alpha value is -4.98. The van der Waals surface area contributed by atoms with Gasteiger partial charge in [-0.25, -0.2) is 4.79 Å². The summed E-state index contributed by atoms with van der Waals surface area (Å²) in [6.07, 6.45) is 3.19. The van der Waals surface area contributed by atoms with Crippen molar-refractivity contribution in [2.24, 2.45) is 5.73 Å². The molecule has 3 aliphatic rings. The van der Waals surface area contributed by atoms with Crippen molar-refractivity contribution in [3.63, 3.8) is 0 Å². The first-order chi connectivity index (χ1) is 23.5. The monoisotopic (exact) mass is 676 g/mol. The molecular weight excluding hydrogens is 632 g/mol. The fourth-order valence-corrected chi connectivity index (χ4v) is 7.01. The van der Waals surface area contributed by atoms with E-state index in [1.807, 2.05) is 30.3 Å². The zero-order valence-corrected chi connectivity index (χ0v) is 27.3. The van der Waals surface area contributed by atoms with Crippen LogP contribution in [0.1, 0.15) is 49.7 Å². The van der Waals surface area contributed by atoms with E-state index < -0.39 is 59.8 Å². The lowest BCUT2D eigenvalue weighted by molar-refractivity contribution is -0.148. The number of carbonyl (C=O) groups is 6. The Bertz CT molecular complexity index is 1540. The summed E-state index contributed by atoms with van der Waals surface area (Å²) >= 11 is 0. The highest BCUT2D eigenvalue weighted by atomic mass is 16.4. The van der Waals surface area contributed by atoms with Gasteiger partial charge in [-0.3, -0.25) is 24.0 Å². The van der Waals surface area contributed by atoms with Crippen molar-refractivity contribution in [1.82, 2.24) is 25.3 Å². The van der Waals surface area contributed by atoms with Crippen molar-refractivity contribution in [2.75, 3.05) is 26.2 Å². The number of nitrogens with zero attached hydrogens (tertiary/aromatic N) is 3. The van der Waals surface area contributed by atoms with Crippen LogP contribution in [0.15, 0.2) is 54.6 Å². The number of rotatable bonds is 12. The summed E-state index contributed by atoms with van der Waals surface area (Å²) in [7, 11) is 0. The van der Waals surface area contributed by atoms with Crippen LogP contribution < -0.4 is 16.4 Å². The first-order valence-corrected chi connectivity index (χ1v) is 16.8. The molecule has 0 spiro atoms. The predicted octanol–water partition coefficient (Wildman–Crippen LogP) is 0.163. The van der Waals surface area contributed by atoms with Gasteiger partial charge in [0.2, 0.25) is 29.5 Å². The van der Waals surface area contributed by atoms with Gasteiger partial charge < -0.3 is 41.3 Å². The molecule has 3 aliphatic heterocycles. The summed E-state index contributed by atoms with van der Waals surface area (Å²) < 4.78 is 0. The van der Waals surface area contributed by atoms with Gasteiger partial charge in [0.1, 0.15) is 29.9 Å². The lowest BCUT2D eigenvalue weighted by Crippen LogP contribution is -2.58. The lowest BCUT2D eigenvalue weighted by Gasteiger charge is -2.31. The third kappa shape index (κ3) is 8.55. The van der Waals surface area contributed by atoms with E-state index in [4.69, 9.17) is 5.73 Å². The number of carboxylic acids is 1. The van der Waals surface area contributed by atoms with Crippen LogP contribution in [0, 0.1) is 0 Å². The quantitative estimate of drug-likeness (QED) is 0.208. The Kier molecular flexibility index (Phi) is 11.5. The second kappa shape index (κ2) is 15.9. The van der Waals surface area contributed by atoms with Gasteiger partial charge >= 0.3 is 5.97 Å². The molecular formula is C35H44N6O8. The van der Waals surface area contributed by atoms with Crippen LogP contribution in [0.3, 0.4) is 0 Å². The van der Waals surface area contributed by atoms with Crippen LogP contribution in [-0.4, -0.2) is 117 Å². The minimum atomic E-state index is -1.08. The minimum Gasteiger partial charge on any atom is -0.508 e. The number of benzene rings is 2. The molecule has 14 heteroatoms. The molecule has 5 amide bonds. The molecule has 14 nitrogen and oxygen atoms in total. The first-order valence-electron chi connectivity index (χ1n) is 16.8. The van der Waals surface area contributed by atoms with Crippen molar-refractivity contribution in [3.05, 3.63) is 65.7 Å². The maximum atomic E-state index is 14.1. The van der Waals surface area contributed by atoms with Gasteiger partial charge in [0.25, 0.3) is 0 Å². The Labute approximate surface area is 284 Å². The summed E-state index contributed by atoms with van der Waals surface area (Å²) in [5.41, 5.74) is 7.83. The van der Waals surface area contributed by atoms with Gasteiger partial charge in [-0.15, -0.1) is 0 Å². The highest BCUT2D eigenvalue weighted by Gasteiger charge is 2.41. The van der Waals surface area contributed by atoms with E-state index in [2.05, 4.69) is 10.6 Å². The molecule has 5 atom stereocenters. The van der Waals surface area contributed by atoms with E-state index in [0.717, 1.165) is 11.1 Å². The smallest absolute Gasteiger partial charge is 0.326 e. The van der Waals surface area contributed by atoms with E-state index in [9.17, 15) is 39.0 Å². The van der Waals surface area contributed by atoms with Crippen LogP contribution in [-0.2, 0) is 41.6 Å². The van der Waals surface area contributed by atoms with Crippen LogP contribution in [0.5, 0.6) is 5.75 Å². The van der Waals surface area contributed by atoms with E-state index in [-0.39, 0.29) is 37.6 Å². The van der Waals surface area contributed by atoms with Crippen molar-refractivity contribution >= 4 is 35.5 Å². The number of aliphatic carboxylic acids is 1. The number of hydrogen-bond donors (Lipinski definition) is 5. The number of carbonyl (C=O) groups excluding carboxylic acids is 5. The van der Waals surface area contributed by atoms with Crippen LogP contribution in [0.25, 0.3) is 0 Å². The number of carboxylic acid groups (broad SMARTS) is 1. The molecule has 5 unspecified atom stereocenters. The molecule has 0 radical (unpaired) electrons. The third-order valence-electron chi connectivity index (χ3n) is 9.56. The molecule has 3 heterocycles. The van der Waals surface area contributed by atoms with E-state index in [0.29, 0.717) is 51.6 Å². The second-order valence-electron chi connectivity index (χ2n) is 12.9. The van der Waals surface area contributed by atoms with E-state index >= 15 is 0 Å². The number of amides is 5. The number of aromatic hydroxyl groups is 1. The van der Waals surface area contributed by atoms with Gasteiger partial charge in [0.05, 0.1) is 12.6 Å². The van der Waals surface area contributed by atoms with Gasteiger partial charge in [-0.1, -0.05) is 42.5 Å². The normalized spacial score (nSPS) is 21.7. The molecule has 2 aromatic carbocycles. The number of nitrogens with two attached hydrogens (primary N) is 1. The minimum absolute atomic E-state index is 0.101. The van der Waals surface area contributed by atoms with E-state index in [1.54, 1.807) is 12.1 Å². The lowest BCUT2D eigenvalue weighted by atomic mass is 10.0. The van der Waals surface area contributed by atoms with Crippen LogP contribution in [0.4, 0.5) is 0 Å². The zero-order chi connectivity index (χ0) is 35.1. The number of phenolic OH excluding ortho intramolecular Hbond substituents is 1. The van der Waals surface area contributed by atoms with Crippen molar-refractivity contribution in [2.45, 2.75) is 81.6 Å². The van der Waals surface area contributed by atoms with Crippen LogP contribution >= 0.6 is 0 Å². The summed E-state index contributed by atoms with van der Waals surface area (Å²) in [5, 5.41) is 24.4. The first kappa shape index (κ1) is 35.3. The second-order valence-corrected chi connectivity index (χ2v) is 12.9.